The summed E-state index contributed by atoms with van der Waals surface area (Å²) in [6, 6.07) is 5.00. The zero-order chi connectivity index (χ0) is 19.7. The maximum absolute atomic E-state index is 14.3. The van der Waals surface area contributed by atoms with E-state index in [1.54, 1.807) is 27.7 Å². The minimum atomic E-state index is -3.76. The van der Waals surface area contributed by atoms with Crippen LogP contribution in [0.4, 0.5) is 18.9 Å². The molecule has 1 heterocycles. The van der Waals surface area contributed by atoms with E-state index < -0.39 is 34.7 Å². The number of anilines is 1. The van der Waals surface area contributed by atoms with Crippen LogP contribution in [0.25, 0.3) is 0 Å². The van der Waals surface area contributed by atoms with Gasteiger partial charge in [0.05, 0.1) is 4.88 Å². The fourth-order valence-electron chi connectivity index (χ4n) is 2.09. The van der Waals surface area contributed by atoms with Crippen LogP contribution >= 0.6 is 11.3 Å². The number of benzene rings is 1. The smallest absolute Gasteiger partial charge is 0.346 e. The van der Waals surface area contributed by atoms with E-state index in [1.807, 2.05) is 0 Å². The summed E-state index contributed by atoms with van der Waals surface area (Å²) >= 11 is 0.800. The first-order valence-corrected chi connectivity index (χ1v) is 8.65. The number of hydrogen-bond donors (Lipinski definition) is 2. The molecule has 2 N–H and O–H groups in total. The predicted octanol–water partition coefficient (Wildman–Crippen LogP) is 4.45. The van der Waals surface area contributed by atoms with E-state index in [0.29, 0.717) is 11.3 Å². The number of aryl methyl sites for hydroxylation is 1. The lowest BCUT2D eigenvalue weighted by Gasteiger charge is -2.24. The van der Waals surface area contributed by atoms with Gasteiger partial charge in [0.2, 0.25) is 0 Å². The Kier molecular flexibility index (Phi) is 5.46. The zero-order valence-electron chi connectivity index (χ0n) is 14.7. The van der Waals surface area contributed by atoms with Gasteiger partial charge in [-0.05, 0) is 57.5 Å². The Bertz CT molecular complexity index is 841. The quantitative estimate of drug-likeness (QED) is 0.818. The molecule has 0 radical (unpaired) electrons. The van der Waals surface area contributed by atoms with Gasteiger partial charge in [0.1, 0.15) is 5.82 Å². The lowest BCUT2D eigenvalue weighted by atomic mass is 10.1. The van der Waals surface area contributed by atoms with Gasteiger partial charge in [-0.2, -0.15) is 8.78 Å². The topological polar surface area (TPSA) is 58.2 Å². The van der Waals surface area contributed by atoms with E-state index in [2.05, 4.69) is 10.6 Å². The highest BCUT2D eigenvalue weighted by Gasteiger charge is 2.43. The zero-order valence-corrected chi connectivity index (χ0v) is 15.6. The average molecular weight is 384 g/mol. The van der Waals surface area contributed by atoms with Crippen LogP contribution in [0.15, 0.2) is 29.6 Å². The molecule has 0 bridgehead atoms. The van der Waals surface area contributed by atoms with Crippen LogP contribution in [0, 0.1) is 12.7 Å². The van der Waals surface area contributed by atoms with Crippen LogP contribution in [-0.4, -0.2) is 17.4 Å². The molecule has 0 unspecified atom stereocenters. The molecule has 8 heteroatoms. The first kappa shape index (κ1) is 20.0. The fraction of sp³-hybridized carbons (Fsp3) is 0.333. The van der Waals surface area contributed by atoms with Gasteiger partial charge >= 0.3 is 5.92 Å². The second-order valence-corrected chi connectivity index (χ2v) is 7.81. The Morgan fingerprint density at radius 2 is 1.77 bits per heavy atom. The summed E-state index contributed by atoms with van der Waals surface area (Å²) in [7, 11) is 0. The molecule has 2 amide bonds. The number of alkyl halides is 2. The van der Waals surface area contributed by atoms with Crippen LogP contribution < -0.4 is 10.6 Å². The molecule has 0 saturated carbocycles. The third-order valence-corrected chi connectivity index (χ3v) is 4.30. The van der Waals surface area contributed by atoms with E-state index in [0.717, 1.165) is 22.8 Å². The molecule has 1 aromatic carbocycles. The number of amides is 2. The number of carbonyl (C=O) groups is 2. The standard InChI is InChI=1S/C18H19F3N2O2S/c1-10-7-12(5-6-13(10)19)22-15(24)14-8-11(9-26-14)18(20,21)16(25)23-17(2,3)4/h5-9H,1-4H3,(H,22,24)(H,23,25). The molecule has 0 atom stereocenters. The van der Waals surface area contributed by atoms with Crippen molar-refractivity contribution in [1.82, 2.24) is 5.32 Å². The van der Waals surface area contributed by atoms with Crippen molar-refractivity contribution in [3.8, 4) is 0 Å². The van der Waals surface area contributed by atoms with E-state index in [1.165, 1.54) is 18.2 Å². The molecule has 0 aliphatic heterocycles. The second kappa shape index (κ2) is 7.11. The van der Waals surface area contributed by atoms with Gasteiger partial charge in [-0.15, -0.1) is 11.3 Å². The molecule has 0 aliphatic carbocycles. The molecule has 2 rings (SSSR count). The van der Waals surface area contributed by atoms with Crippen molar-refractivity contribution < 1.29 is 22.8 Å². The summed E-state index contributed by atoms with van der Waals surface area (Å²) < 4.78 is 41.9. The van der Waals surface area contributed by atoms with E-state index in [-0.39, 0.29) is 4.88 Å². The molecule has 26 heavy (non-hydrogen) atoms. The van der Waals surface area contributed by atoms with Crippen LogP contribution in [0.1, 0.15) is 41.6 Å². The molecular formula is C18H19F3N2O2S. The highest BCUT2D eigenvalue weighted by molar-refractivity contribution is 7.12. The fourth-order valence-corrected chi connectivity index (χ4v) is 2.91. The highest BCUT2D eigenvalue weighted by atomic mass is 32.1. The van der Waals surface area contributed by atoms with Gasteiger partial charge in [0.25, 0.3) is 11.8 Å². The van der Waals surface area contributed by atoms with Crippen LogP contribution in [-0.2, 0) is 10.7 Å². The molecule has 2 aromatic rings. The van der Waals surface area contributed by atoms with Gasteiger partial charge in [0.15, 0.2) is 0 Å². The number of thiophene rings is 1. The Labute approximate surface area is 153 Å². The number of hydrogen-bond acceptors (Lipinski definition) is 3. The third kappa shape index (κ3) is 4.63. The van der Waals surface area contributed by atoms with Gasteiger partial charge in [0, 0.05) is 22.2 Å². The van der Waals surface area contributed by atoms with Crippen molar-refractivity contribution in [3.63, 3.8) is 0 Å². The number of rotatable bonds is 4. The number of carbonyl (C=O) groups excluding carboxylic acids is 2. The minimum Gasteiger partial charge on any atom is -0.346 e. The molecule has 0 fully saturated rings. The summed E-state index contributed by atoms with van der Waals surface area (Å²) in [6.07, 6.45) is 0. The molecule has 0 saturated heterocycles. The molecular weight excluding hydrogens is 365 g/mol. The Hall–Kier alpha value is -2.35. The van der Waals surface area contributed by atoms with Crippen molar-refractivity contribution in [3.05, 3.63) is 51.5 Å². The van der Waals surface area contributed by atoms with E-state index in [4.69, 9.17) is 0 Å². The molecule has 4 nitrogen and oxygen atoms in total. The highest BCUT2D eigenvalue weighted by Crippen LogP contribution is 2.32. The summed E-state index contributed by atoms with van der Waals surface area (Å²) in [5.41, 5.74) is -0.664. The van der Waals surface area contributed by atoms with Crippen LogP contribution in [0.5, 0.6) is 0 Å². The second-order valence-electron chi connectivity index (χ2n) is 6.90. The van der Waals surface area contributed by atoms with Crippen molar-refractivity contribution >= 4 is 28.8 Å². The normalized spacial score (nSPS) is 12.0. The summed E-state index contributed by atoms with van der Waals surface area (Å²) in [5, 5.41) is 5.82. The van der Waals surface area contributed by atoms with Crippen molar-refractivity contribution in [2.24, 2.45) is 0 Å². The van der Waals surface area contributed by atoms with Gasteiger partial charge in [-0.25, -0.2) is 4.39 Å². The summed E-state index contributed by atoms with van der Waals surface area (Å²) in [5.74, 6) is -6.21. The first-order chi connectivity index (χ1) is 11.9. The maximum Gasteiger partial charge on any atom is 0.350 e. The molecule has 0 spiro atoms. The first-order valence-electron chi connectivity index (χ1n) is 7.77. The van der Waals surface area contributed by atoms with Gasteiger partial charge < -0.3 is 10.6 Å². The van der Waals surface area contributed by atoms with Crippen molar-refractivity contribution in [2.75, 3.05) is 5.32 Å². The van der Waals surface area contributed by atoms with Gasteiger partial charge in [-0.3, -0.25) is 9.59 Å². The largest absolute Gasteiger partial charge is 0.350 e. The van der Waals surface area contributed by atoms with Crippen LogP contribution in [0.3, 0.4) is 0 Å². The molecule has 140 valence electrons. The lowest BCUT2D eigenvalue weighted by molar-refractivity contribution is -0.148. The Morgan fingerprint density at radius 1 is 1.12 bits per heavy atom. The maximum atomic E-state index is 14.3. The van der Waals surface area contributed by atoms with E-state index in [9.17, 15) is 22.8 Å². The molecule has 1 aromatic heterocycles. The summed E-state index contributed by atoms with van der Waals surface area (Å²) in [6.45, 7) is 6.33. The molecule has 0 aliphatic rings. The van der Waals surface area contributed by atoms with Crippen molar-refractivity contribution in [1.29, 1.82) is 0 Å². The monoisotopic (exact) mass is 384 g/mol. The Morgan fingerprint density at radius 3 is 2.35 bits per heavy atom. The minimum absolute atomic E-state index is 0.0187. The van der Waals surface area contributed by atoms with E-state index >= 15 is 0 Å². The number of halogens is 3. The third-order valence-electron chi connectivity index (χ3n) is 3.38. The van der Waals surface area contributed by atoms with Gasteiger partial charge in [-0.1, -0.05) is 0 Å². The SMILES string of the molecule is Cc1cc(NC(=O)c2cc(C(F)(F)C(=O)NC(C)(C)C)cs2)ccc1F. The van der Waals surface area contributed by atoms with Crippen LogP contribution in [0.2, 0.25) is 0 Å². The lowest BCUT2D eigenvalue weighted by Crippen LogP contribution is -2.47. The predicted molar refractivity (Wildman–Crippen MR) is 95.2 cm³/mol. The summed E-state index contributed by atoms with van der Waals surface area (Å²) in [4.78, 5) is 24.1. The number of nitrogens with one attached hydrogen (secondary N) is 2. The average Bonchev–Trinajstić information content (AvgIpc) is 3.00. The van der Waals surface area contributed by atoms with Crippen molar-refractivity contribution in [2.45, 2.75) is 39.2 Å². The Balaban J connectivity index is 2.16.